The van der Waals surface area contributed by atoms with Crippen molar-refractivity contribution in [1.82, 2.24) is 5.32 Å². The van der Waals surface area contributed by atoms with Gasteiger partial charge in [-0.05, 0) is 32.9 Å². The first kappa shape index (κ1) is 20.2. The first-order valence-electron chi connectivity index (χ1n) is 7.87. The molecule has 0 saturated heterocycles. The van der Waals surface area contributed by atoms with Gasteiger partial charge in [-0.1, -0.05) is 24.0 Å². The molecule has 0 bridgehead atoms. The molecule has 0 radical (unpaired) electrons. The third kappa shape index (κ3) is 8.56. The Morgan fingerprint density at radius 3 is 2.28 bits per heavy atom. The van der Waals surface area contributed by atoms with E-state index in [9.17, 15) is 14.4 Å². The third-order valence-electron chi connectivity index (χ3n) is 2.94. The summed E-state index contributed by atoms with van der Waals surface area (Å²) in [4.78, 5) is 34.4. The Bertz CT molecular complexity index is 674. The molecule has 0 heterocycles. The fraction of sp³-hybridized carbons (Fsp3) is 0.421. The molecule has 0 fully saturated rings. The van der Waals surface area contributed by atoms with Crippen LogP contribution in [-0.2, 0) is 14.3 Å². The van der Waals surface area contributed by atoms with Gasteiger partial charge < -0.3 is 14.8 Å². The number of amides is 1. The smallest absolute Gasteiger partial charge is 0.408 e. The second-order valence-electron chi connectivity index (χ2n) is 6.23. The van der Waals surface area contributed by atoms with Gasteiger partial charge in [-0.3, -0.25) is 9.59 Å². The van der Waals surface area contributed by atoms with Crippen LogP contribution in [0, 0.1) is 11.8 Å². The Kier molecular flexibility index (Phi) is 7.67. The van der Waals surface area contributed by atoms with Crippen LogP contribution < -0.4 is 5.32 Å². The molecule has 1 rings (SSSR count). The van der Waals surface area contributed by atoms with Crippen LogP contribution in [-0.4, -0.2) is 37.1 Å². The number of Topliss-reactive ketones (excluding diaryl/α,β-unsaturated/α-hetero) is 1. The molecule has 0 saturated carbocycles. The molecule has 6 heteroatoms. The normalized spacial score (nSPS) is 10.2. The van der Waals surface area contributed by atoms with Crippen molar-refractivity contribution in [3.63, 3.8) is 0 Å². The Morgan fingerprint density at radius 1 is 1.08 bits per heavy atom. The van der Waals surface area contributed by atoms with Crippen LogP contribution in [0.2, 0.25) is 0 Å². The van der Waals surface area contributed by atoms with E-state index in [1.165, 1.54) is 7.11 Å². The molecule has 0 spiro atoms. The van der Waals surface area contributed by atoms with Crippen molar-refractivity contribution in [1.29, 1.82) is 0 Å². The highest BCUT2D eigenvalue weighted by Crippen LogP contribution is 2.08. The standard InChI is InChI=1S/C19H23NO5/c1-19(2,3)25-18(23)20-13-5-6-14-7-9-15(10-8-14)16(21)11-12-17(22)24-4/h7-10H,11-13H2,1-4H3,(H,20,23). The minimum absolute atomic E-state index is 0.0627. The Morgan fingerprint density at radius 2 is 1.72 bits per heavy atom. The molecule has 25 heavy (non-hydrogen) atoms. The maximum Gasteiger partial charge on any atom is 0.408 e. The monoisotopic (exact) mass is 345 g/mol. The van der Waals surface area contributed by atoms with Gasteiger partial charge in [0.15, 0.2) is 5.78 Å². The van der Waals surface area contributed by atoms with Crippen molar-refractivity contribution in [2.75, 3.05) is 13.7 Å². The molecule has 0 aliphatic rings. The number of hydrogen-bond donors (Lipinski definition) is 1. The first-order valence-corrected chi connectivity index (χ1v) is 7.87. The van der Waals surface area contributed by atoms with Crippen LogP contribution in [0.25, 0.3) is 0 Å². The molecular weight excluding hydrogens is 322 g/mol. The summed E-state index contributed by atoms with van der Waals surface area (Å²) in [6.07, 6.45) is -0.349. The fourth-order valence-corrected chi connectivity index (χ4v) is 1.78. The Hall–Kier alpha value is -2.81. The maximum absolute atomic E-state index is 11.9. The lowest BCUT2D eigenvalue weighted by molar-refractivity contribution is -0.140. The molecule has 1 aromatic rings. The fourth-order valence-electron chi connectivity index (χ4n) is 1.78. The Balaban J connectivity index is 2.48. The van der Waals surface area contributed by atoms with E-state index in [0.717, 1.165) is 5.56 Å². The van der Waals surface area contributed by atoms with Crippen LogP contribution >= 0.6 is 0 Å². The van der Waals surface area contributed by atoms with Gasteiger partial charge in [0.25, 0.3) is 0 Å². The van der Waals surface area contributed by atoms with E-state index in [0.29, 0.717) is 5.56 Å². The van der Waals surface area contributed by atoms with E-state index in [2.05, 4.69) is 21.9 Å². The number of carbonyl (C=O) groups excluding carboxylic acids is 3. The van der Waals surface area contributed by atoms with Crippen LogP contribution in [0.1, 0.15) is 49.5 Å². The summed E-state index contributed by atoms with van der Waals surface area (Å²) in [6, 6.07) is 6.74. The van der Waals surface area contributed by atoms with E-state index < -0.39 is 17.7 Å². The van der Waals surface area contributed by atoms with Crippen LogP contribution in [0.3, 0.4) is 0 Å². The van der Waals surface area contributed by atoms with Gasteiger partial charge in [0.2, 0.25) is 0 Å². The average Bonchev–Trinajstić information content (AvgIpc) is 2.55. The molecule has 1 amide bonds. The molecular formula is C19H23NO5. The van der Waals surface area contributed by atoms with E-state index >= 15 is 0 Å². The number of carbonyl (C=O) groups is 3. The number of ether oxygens (including phenoxy) is 2. The molecule has 0 aliphatic heterocycles. The van der Waals surface area contributed by atoms with E-state index in [-0.39, 0.29) is 25.2 Å². The topological polar surface area (TPSA) is 81.7 Å². The first-order chi connectivity index (χ1) is 11.7. The number of esters is 1. The van der Waals surface area contributed by atoms with Gasteiger partial charge in [0, 0.05) is 17.5 Å². The van der Waals surface area contributed by atoms with Crippen LogP contribution in [0.15, 0.2) is 24.3 Å². The molecule has 1 N–H and O–H groups in total. The molecule has 0 aliphatic carbocycles. The average molecular weight is 345 g/mol. The summed E-state index contributed by atoms with van der Waals surface area (Å²) in [7, 11) is 1.29. The number of hydrogen-bond acceptors (Lipinski definition) is 5. The van der Waals surface area contributed by atoms with Crippen molar-refractivity contribution in [3.05, 3.63) is 35.4 Å². The van der Waals surface area contributed by atoms with Crippen molar-refractivity contribution in [2.45, 2.75) is 39.2 Å². The molecule has 1 aromatic carbocycles. The summed E-state index contributed by atoms with van der Waals surface area (Å²) in [5.41, 5.74) is 0.685. The van der Waals surface area contributed by atoms with E-state index in [1.807, 2.05) is 0 Å². The van der Waals surface area contributed by atoms with Crippen LogP contribution in [0.4, 0.5) is 4.79 Å². The van der Waals surface area contributed by atoms with Gasteiger partial charge in [-0.15, -0.1) is 0 Å². The van der Waals surface area contributed by atoms with E-state index in [1.54, 1.807) is 45.0 Å². The highest BCUT2D eigenvalue weighted by atomic mass is 16.6. The van der Waals surface area contributed by atoms with Gasteiger partial charge in [-0.2, -0.15) is 0 Å². The zero-order valence-corrected chi connectivity index (χ0v) is 15.0. The van der Waals surface area contributed by atoms with Crippen molar-refractivity contribution in [2.24, 2.45) is 0 Å². The minimum Gasteiger partial charge on any atom is -0.469 e. The molecule has 134 valence electrons. The predicted octanol–water partition coefficient (Wildman–Crippen LogP) is 2.70. The van der Waals surface area contributed by atoms with E-state index in [4.69, 9.17) is 4.74 Å². The van der Waals surface area contributed by atoms with Crippen molar-refractivity contribution in [3.8, 4) is 11.8 Å². The second kappa shape index (κ2) is 9.48. The lowest BCUT2D eigenvalue weighted by atomic mass is 10.0. The molecule has 0 atom stereocenters. The van der Waals surface area contributed by atoms with Gasteiger partial charge in [-0.25, -0.2) is 4.79 Å². The number of benzene rings is 1. The zero-order chi connectivity index (χ0) is 18.9. The number of rotatable bonds is 5. The predicted molar refractivity (Wildman–Crippen MR) is 93.1 cm³/mol. The van der Waals surface area contributed by atoms with Crippen molar-refractivity contribution >= 4 is 17.8 Å². The van der Waals surface area contributed by atoms with Gasteiger partial charge in [0.1, 0.15) is 5.60 Å². The largest absolute Gasteiger partial charge is 0.469 e. The van der Waals surface area contributed by atoms with Crippen LogP contribution in [0.5, 0.6) is 0 Å². The third-order valence-corrected chi connectivity index (χ3v) is 2.94. The van der Waals surface area contributed by atoms with Gasteiger partial charge in [0.05, 0.1) is 20.1 Å². The highest BCUT2D eigenvalue weighted by molar-refractivity contribution is 5.97. The summed E-state index contributed by atoms with van der Waals surface area (Å²) in [5, 5.41) is 2.54. The lowest BCUT2D eigenvalue weighted by Crippen LogP contribution is -2.32. The number of methoxy groups -OCH3 is 1. The molecule has 6 nitrogen and oxygen atoms in total. The minimum atomic E-state index is -0.548. The number of nitrogens with one attached hydrogen (secondary N) is 1. The Labute approximate surface area is 147 Å². The summed E-state index contributed by atoms with van der Waals surface area (Å²) < 4.78 is 9.60. The maximum atomic E-state index is 11.9. The summed E-state index contributed by atoms with van der Waals surface area (Å²) in [6.45, 7) is 5.51. The second-order valence-corrected chi connectivity index (χ2v) is 6.23. The SMILES string of the molecule is COC(=O)CCC(=O)c1ccc(C#CCNC(=O)OC(C)(C)C)cc1. The quantitative estimate of drug-likeness (QED) is 0.504. The number of alkyl carbamates (subject to hydrolysis) is 1. The number of ketones is 1. The highest BCUT2D eigenvalue weighted by Gasteiger charge is 2.15. The summed E-state index contributed by atoms with van der Waals surface area (Å²) in [5.74, 6) is 5.15. The molecule has 0 unspecified atom stereocenters. The zero-order valence-electron chi connectivity index (χ0n) is 15.0. The van der Waals surface area contributed by atoms with Gasteiger partial charge >= 0.3 is 12.1 Å². The summed E-state index contributed by atoms with van der Waals surface area (Å²) >= 11 is 0. The lowest BCUT2D eigenvalue weighted by Gasteiger charge is -2.18. The molecule has 0 aromatic heterocycles. The van der Waals surface area contributed by atoms with Crippen molar-refractivity contribution < 1.29 is 23.9 Å².